The molecule has 25 heavy (non-hydrogen) atoms. The molecule has 5 heteroatoms. The Labute approximate surface area is 146 Å². The number of anilines is 1. The third-order valence-corrected chi connectivity index (χ3v) is 4.12. The van der Waals surface area contributed by atoms with E-state index in [1.54, 1.807) is 0 Å². The quantitative estimate of drug-likeness (QED) is 0.750. The van der Waals surface area contributed by atoms with Crippen LogP contribution in [0.2, 0.25) is 0 Å². The molecule has 1 heterocycles. The lowest BCUT2D eigenvalue weighted by molar-refractivity contribution is -0.122. The van der Waals surface area contributed by atoms with Crippen LogP contribution in [0.3, 0.4) is 0 Å². The van der Waals surface area contributed by atoms with Crippen LogP contribution in [0.25, 0.3) is 10.9 Å². The molecule has 0 aliphatic heterocycles. The molecule has 0 aliphatic rings. The van der Waals surface area contributed by atoms with E-state index in [-0.39, 0.29) is 24.4 Å². The maximum Gasteiger partial charge on any atom is 0.240 e. The van der Waals surface area contributed by atoms with Gasteiger partial charge in [-0.2, -0.15) is 0 Å². The molecule has 1 aromatic heterocycles. The second-order valence-electron chi connectivity index (χ2n) is 6.06. The minimum atomic E-state index is -0.116. The van der Waals surface area contributed by atoms with Crippen molar-refractivity contribution in [2.24, 2.45) is 0 Å². The Hall–Kier alpha value is -3.08. The number of nitrogens with one attached hydrogen (secondary N) is 2. The van der Waals surface area contributed by atoms with Crippen LogP contribution >= 0.6 is 0 Å². The van der Waals surface area contributed by atoms with Crippen LogP contribution in [0.4, 0.5) is 5.69 Å². The molecule has 2 amide bonds. The lowest BCUT2D eigenvalue weighted by Crippen LogP contribution is -2.29. The fourth-order valence-electron chi connectivity index (χ4n) is 2.93. The Morgan fingerprint density at radius 2 is 1.80 bits per heavy atom. The number of amides is 2. The summed E-state index contributed by atoms with van der Waals surface area (Å²) in [6, 6.07) is 17.4. The summed E-state index contributed by atoms with van der Waals surface area (Å²) in [4.78, 5) is 23.7. The monoisotopic (exact) mass is 335 g/mol. The first-order chi connectivity index (χ1) is 12.0. The van der Waals surface area contributed by atoms with E-state index < -0.39 is 0 Å². The number of aromatic nitrogens is 1. The van der Waals surface area contributed by atoms with E-state index >= 15 is 0 Å². The molecule has 2 aromatic carbocycles. The molecule has 0 saturated heterocycles. The van der Waals surface area contributed by atoms with Crippen LogP contribution in [0.5, 0.6) is 0 Å². The summed E-state index contributed by atoms with van der Waals surface area (Å²) < 4.78 is 1.88. The van der Waals surface area contributed by atoms with Gasteiger partial charge in [0.1, 0.15) is 6.54 Å². The Morgan fingerprint density at radius 1 is 1.04 bits per heavy atom. The van der Waals surface area contributed by atoms with Gasteiger partial charge in [0.25, 0.3) is 0 Å². The number of carbonyl (C=O) groups excluding carboxylic acids is 2. The molecule has 3 rings (SSSR count). The first-order valence-electron chi connectivity index (χ1n) is 8.24. The third-order valence-electron chi connectivity index (χ3n) is 4.12. The zero-order valence-electron chi connectivity index (χ0n) is 14.3. The first kappa shape index (κ1) is 16.8. The van der Waals surface area contributed by atoms with Gasteiger partial charge in [-0.1, -0.05) is 36.4 Å². The molecule has 0 bridgehead atoms. The summed E-state index contributed by atoms with van der Waals surface area (Å²) in [6.07, 6.45) is 1.86. The molecule has 0 radical (unpaired) electrons. The molecule has 128 valence electrons. The van der Waals surface area contributed by atoms with Crippen LogP contribution in [0.15, 0.2) is 60.8 Å². The van der Waals surface area contributed by atoms with Crippen LogP contribution < -0.4 is 10.6 Å². The number of nitrogens with zero attached hydrogens (tertiary/aromatic N) is 1. The van der Waals surface area contributed by atoms with Crippen LogP contribution in [0.1, 0.15) is 25.5 Å². The maximum absolute atomic E-state index is 12.4. The summed E-state index contributed by atoms with van der Waals surface area (Å²) in [5, 5.41) is 6.75. The fraction of sp³-hybridized carbons (Fsp3) is 0.200. The van der Waals surface area contributed by atoms with Gasteiger partial charge < -0.3 is 15.2 Å². The number of carbonyl (C=O) groups is 2. The van der Waals surface area contributed by atoms with Gasteiger partial charge >= 0.3 is 0 Å². The smallest absolute Gasteiger partial charge is 0.240 e. The van der Waals surface area contributed by atoms with Gasteiger partial charge in [-0.05, 0) is 30.7 Å². The molecule has 0 spiro atoms. The van der Waals surface area contributed by atoms with E-state index in [0.29, 0.717) is 0 Å². The minimum Gasteiger partial charge on any atom is -0.348 e. The molecule has 1 unspecified atom stereocenters. The second-order valence-corrected chi connectivity index (χ2v) is 6.06. The molecule has 0 fully saturated rings. The fourth-order valence-corrected chi connectivity index (χ4v) is 2.93. The number of hydrogen-bond acceptors (Lipinski definition) is 2. The zero-order valence-corrected chi connectivity index (χ0v) is 14.3. The summed E-state index contributed by atoms with van der Waals surface area (Å²) in [5.74, 6) is -0.173. The summed E-state index contributed by atoms with van der Waals surface area (Å²) in [7, 11) is 0. The lowest BCUT2D eigenvalue weighted by atomic mass is 10.1. The highest BCUT2D eigenvalue weighted by Crippen LogP contribution is 2.24. The number of fused-ring (bicyclic) bond motifs is 1. The molecule has 5 nitrogen and oxygen atoms in total. The Kier molecular flexibility index (Phi) is 4.84. The second kappa shape index (κ2) is 7.21. The van der Waals surface area contributed by atoms with E-state index in [0.717, 1.165) is 22.2 Å². The topological polar surface area (TPSA) is 63.1 Å². The molecule has 3 aromatic rings. The molecule has 1 atom stereocenters. The Bertz CT molecular complexity index is 900. The summed E-state index contributed by atoms with van der Waals surface area (Å²) >= 11 is 0. The van der Waals surface area contributed by atoms with E-state index in [2.05, 4.69) is 10.6 Å². The van der Waals surface area contributed by atoms with Crippen molar-refractivity contribution in [2.75, 3.05) is 5.32 Å². The van der Waals surface area contributed by atoms with Crippen molar-refractivity contribution in [2.45, 2.75) is 26.4 Å². The normalized spacial score (nSPS) is 11.9. The molecule has 2 N–H and O–H groups in total. The van der Waals surface area contributed by atoms with E-state index in [9.17, 15) is 9.59 Å². The number of benzene rings is 2. The van der Waals surface area contributed by atoms with Crippen molar-refractivity contribution >= 4 is 28.4 Å². The van der Waals surface area contributed by atoms with Crippen LogP contribution in [-0.2, 0) is 16.1 Å². The van der Waals surface area contributed by atoms with Crippen molar-refractivity contribution in [3.8, 4) is 0 Å². The standard InChI is InChI=1S/C20H21N3O2/c1-14(16-7-4-3-5-8-16)21-20(25)13-23-12-11-17-18(22-15(2)24)9-6-10-19(17)23/h3-12,14H,13H2,1-2H3,(H,21,25)(H,22,24). The SMILES string of the molecule is CC(=O)Nc1cccc2c1ccn2CC(=O)NC(C)c1ccccc1. The van der Waals surface area contributed by atoms with Crippen molar-refractivity contribution in [1.29, 1.82) is 0 Å². The van der Waals surface area contributed by atoms with Crippen molar-refractivity contribution < 1.29 is 9.59 Å². The van der Waals surface area contributed by atoms with Gasteiger partial charge in [0.05, 0.1) is 17.2 Å². The maximum atomic E-state index is 12.4. The van der Waals surface area contributed by atoms with Crippen LogP contribution in [0, 0.1) is 0 Å². The predicted octanol–water partition coefficient (Wildman–Crippen LogP) is 3.48. The highest BCUT2D eigenvalue weighted by atomic mass is 16.2. The van der Waals surface area contributed by atoms with Gasteiger partial charge in [0, 0.05) is 18.5 Å². The Morgan fingerprint density at radius 3 is 2.52 bits per heavy atom. The van der Waals surface area contributed by atoms with E-state index in [4.69, 9.17) is 0 Å². The largest absolute Gasteiger partial charge is 0.348 e. The molecule has 0 aliphatic carbocycles. The molecular weight excluding hydrogens is 314 g/mol. The Balaban J connectivity index is 1.74. The molecule has 0 saturated carbocycles. The third kappa shape index (κ3) is 3.88. The molecular formula is C20H21N3O2. The first-order valence-corrected chi connectivity index (χ1v) is 8.24. The van der Waals surface area contributed by atoms with Crippen molar-refractivity contribution in [3.05, 3.63) is 66.4 Å². The van der Waals surface area contributed by atoms with Crippen LogP contribution in [-0.4, -0.2) is 16.4 Å². The average molecular weight is 335 g/mol. The highest BCUT2D eigenvalue weighted by Gasteiger charge is 2.12. The van der Waals surface area contributed by atoms with Crippen molar-refractivity contribution in [1.82, 2.24) is 9.88 Å². The predicted molar refractivity (Wildman–Crippen MR) is 99.2 cm³/mol. The van der Waals surface area contributed by atoms with E-state index in [1.807, 2.05) is 72.3 Å². The lowest BCUT2D eigenvalue weighted by Gasteiger charge is -2.15. The van der Waals surface area contributed by atoms with E-state index in [1.165, 1.54) is 6.92 Å². The minimum absolute atomic E-state index is 0.0505. The highest BCUT2D eigenvalue weighted by molar-refractivity contribution is 6.01. The van der Waals surface area contributed by atoms with Crippen molar-refractivity contribution in [3.63, 3.8) is 0 Å². The number of hydrogen-bond donors (Lipinski definition) is 2. The zero-order chi connectivity index (χ0) is 17.8. The summed E-state index contributed by atoms with van der Waals surface area (Å²) in [6.45, 7) is 3.67. The average Bonchev–Trinajstić information content (AvgIpc) is 2.99. The van der Waals surface area contributed by atoms with Gasteiger partial charge in [-0.25, -0.2) is 0 Å². The van der Waals surface area contributed by atoms with Gasteiger partial charge in [-0.3, -0.25) is 9.59 Å². The summed E-state index contributed by atoms with van der Waals surface area (Å²) in [5.41, 5.74) is 2.73. The van der Waals surface area contributed by atoms with Gasteiger partial charge in [0.15, 0.2) is 0 Å². The van der Waals surface area contributed by atoms with Gasteiger partial charge in [0.2, 0.25) is 11.8 Å². The van der Waals surface area contributed by atoms with Gasteiger partial charge in [-0.15, -0.1) is 0 Å². The number of rotatable bonds is 5.